The molecule has 1 aromatic rings. The van der Waals surface area contributed by atoms with E-state index in [1.165, 1.54) is 0 Å². The quantitative estimate of drug-likeness (QED) is 0.618. The van der Waals surface area contributed by atoms with Crippen LogP contribution in [0.2, 0.25) is 0 Å². The van der Waals surface area contributed by atoms with Crippen molar-refractivity contribution in [3.05, 3.63) is 35.4 Å². The third kappa shape index (κ3) is 1.03. The Balaban J connectivity index is 2.69. The van der Waals surface area contributed by atoms with Crippen LogP contribution in [0.5, 0.6) is 0 Å². The van der Waals surface area contributed by atoms with Crippen LogP contribution in [0, 0.1) is 0 Å². The molecule has 2 rings (SSSR count). The van der Waals surface area contributed by atoms with Crippen LogP contribution >= 0.6 is 0 Å². The van der Waals surface area contributed by atoms with Crippen molar-refractivity contribution >= 4 is 17.5 Å². The van der Waals surface area contributed by atoms with Crippen molar-refractivity contribution < 1.29 is 9.59 Å². The van der Waals surface area contributed by atoms with E-state index in [-0.39, 0.29) is 11.6 Å². The average Bonchev–Trinajstić information content (AvgIpc) is 2.15. The molecule has 0 radical (unpaired) electrons. The molecule has 0 aliphatic carbocycles. The molecule has 0 atom stereocenters. The summed E-state index contributed by atoms with van der Waals surface area (Å²) in [4.78, 5) is 26.0. The predicted octanol–water partition coefficient (Wildman–Crippen LogP) is 0.380. The topological polar surface area (TPSA) is 72.5 Å². The lowest BCUT2D eigenvalue weighted by Crippen LogP contribution is -2.30. The van der Waals surface area contributed by atoms with Crippen LogP contribution in [-0.4, -0.2) is 17.5 Å². The number of aliphatic imine (C=N–C) groups is 1. The summed E-state index contributed by atoms with van der Waals surface area (Å²) >= 11 is 0. The van der Waals surface area contributed by atoms with Gasteiger partial charge in [-0.1, -0.05) is 18.2 Å². The molecule has 1 aliphatic heterocycles. The summed E-state index contributed by atoms with van der Waals surface area (Å²) in [5.41, 5.74) is 5.92. The van der Waals surface area contributed by atoms with Gasteiger partial charge in [0.2, 0.25) is 5.78 Å². The number of hydrogen-bond donors (Lipinski definition) is 1. The van der Waals surface area contributed by atoms with Gasteiger partial charge in [0.05, 0.1) is 5.56 Å². The second kappa shape index (κ2) is 2.52. The van der Waals surface area contributed by atoms with Crippen molar-refractivity contribution in [1.82, 2.24) is 0 Å². The first kappa shape index (κ1) is 7.67. The van der Waals surface area contributed by atoms with Gasteiger partial charge in [-0.2, -0.15) is 4.99 Å². The van der Waals surface area contributed by atoms with Gasteiger partial charge in [0.15, 0.2) is 5.84 Å². The molecule has 4 heteroatoms. The molecule has 1 aromatic carbocycles. The summed E-state index contributed by atoms with van der Waals surface area (Å²) in [6.45, 7) is 0. The maximum Gasteiger partial charge on any atom is 0.279 e. The monoisotopic (exact) mass is 174 g/mol. The number of nitrogens with two attached hydrogens (primary N) is 1. The van der Waals surface area contributed by atoms with Gasteiger partial charge < -0.3 is 5.73 Å². The SMILES string of the molecule is NC1=NC(=O)c2ccccc2C1=O. The minimum atomic E-state index is -0.451. The van der Waals surface area contributed by atoms with Crippen LogP contribution in [0.3, 0.4) is 0 Å². The summed E-state index contributed by atoms with van der Waals surface area (Å²) in [5.74, 6) is -1.06. The second-order valence-electron chi connectivity index (χ2n) is 2.68. The van der Waals surface area contributed by atoms with E-state index in [9.17, 15) is 9.59 Å². The second-order valence-corrected chi connectivity index (χ2v) is 2.68. The van der Waals surface area contributed by atoms with E-state index in [4.69, 9.17) is 5.73 Å². The molecule has 0 saturated heterocycles. The maximum absolute atomic E-state index is 11.4. The van der Waals surface area contributed by atoms with E-state index >= 15 is 0 Å². The van der Waals surface area contributed by atoms with Crippen molar-refractivity contribution in [1.29, 1.82) is 0 Å². The molecule has 0 aromatic heterocycles. The average molecular weight is 174 g/mol. The van der Waals surface area contributed by atoms with E-state index in [0.717, 1.165) is 0 Å². The van der Waals surface area contributed by atoms with Gasteiger partial charge in [-0.15, -0.1) is 0 Å². The first-order valence-corrected chi connectivity index (χ1v) is 3.72. The minimum Gasteiger partial charge on any atom is -0.380 e. The Morgan fingerprint density at radius 1 is 1.08 bits per heavy atom. The Morgan fingerprint density at radius 3 is 2.38 bits per heavy atom. The Bertz CT molecular complexity index is 435. The van der Waals surface area contributed by atoms with Gasteiger partial charge in [-0.05, 0) is 6.07 Å². The van der Waals surface area contributed by atoms with Crippen LogP contribution in [-0.2, 0) is 0 Å². The molecule has 1 aliphatic rings. The summed E-state index contributed by atoms with van der Waals surface area (Å²) in [6.07, 6.45) is 0. The zero-order valence-electron chi connectivity index (χ0n) is 6.65. The van der Waals surface area contributed by atoms with Gasteiger partial charge in [-0.25, -0.2) is 0 Å². The summed E-state index contributed by atoms with van der Waals surface area (Å²) in [5, 5.41) is 0. The van der Waals surface area contributed by atoms with Crippen molar-refractivity contribution in [2.75, 3.05) is 0 Å². The number of benzene rings is 1. The fourth-order valence-corrected chi connectivity index (χ4v) is 1.23. The number of Topliss-reactive ketones (excluding diaryl/α,β-unsaturated/α-hetero) is 1. The normalized spacial score (nSPS) is 15.2. The molecular weight excluding hydrogens is 168 g/mol. The highest BCUT2D eigenvalue weighted by molar-refractivity contribution is 6.49. The number of carbonyl (C=O) groups excluding carboxylic acids is 2. The number of fused-ring (bicyclic) bond motifs is 1. The highest BCUT2D eigenvalue weighted by Crippen LogP contribution is 2.14. The predicted molar refractivity (Wildman–Crippen MR) is 46.7 cm³/mol. The fourth-order valence-electron chi connectivity index (χ4n) is 1.23. The third-order valence-corrected chi connectivity index (χ3v) is 1.86. The Hall–Kier alpha value is -1.97. The fraction of sp³-hybridized carbons (Fsp3) is 0. The Labute approximate surface area is 74.1 Å². The molecule has 1 heterocycles. The van der Waals surface area contributed by atoms with Crippen molar-refractivity contribution in [3.8, 4) is 0 Å². The molecular formula is C9H6N2O2. The van der Waals surface area contributed by atoms with E-state index in [1.54, 1.807) is 24.3 Å². The smallest absolute Gasteiger partial charge is 0.279 e. The standard InChI is InChI=1S/C9H6N2O2/c10-8-7(12)5-3-1-2-4-6(5)9(13)11-8/h1-4H,(H2,10,11,13). The number of rotatable bonds is 0. The van der Waals surface area contributed by atoms with Gasteiger partial charge in [0.1, 0.15) is 0 Å². The highest BCUT2D eigenvalue weighted by atomic mass is 16.2. The van der Waals surface area contributed by atoms with Crippen LogP contribution < -0.4 is 5.73 Å². The lowest BCUT2D eigenvalue weighted by atomic mass is 10.0. The zero-order chi connectivity index (χ0) is 9.42. The van der Waals surface area contributed by atoms with Crippen LogP contribution in [0.15, 0.2) is 29.3 Å². The zero-order valence-corrected chi connectivity index (χ0v) is 6.65. The minimum absolute atomic E-state index is 0.233. The van der Waals surface area contributed by atoms with Gasteiger partial charge in [0.25, 0.3) is 5.91 Å². The molecule has 2 N–H and O–H groups in total. The highest BCUT2D eigenvalue weighted by Gasteiger charge is 2.24. The largest absolute Gasteiger partial charge is 0.380 e. The summed E-state index contributed by atoms with van der Waals surface area (Å²) in [6, 6.07) is 6.49. The molecule has 0 fully saturated rings. The number of amides is 1. The van der Waals surface area contributed by atoms with Crippen LogP contribution in [0.25, 0.3) is 0 Å². The Morgan fingerprint density at radius 2 is 1.69 bits per heavy atom. The molecule has 0 saturated carbocycles. The first-order chi connectivity index (χ1) is 6.20. The van der Waals surface area contributed by atoms with E-state index in [1.807, 2.05) is 0 Å². The van der Waals surface area contributed by atoms with Gasteiger partial charge in [-0.3, -0.25) is 9.59 Å². The third-order valence-electron chi connectivity index (χ3n) is 1.86. The molecule has 4 nitrogen and oxygen atoms in total. The maximum atomic E-state index is 11.4. The number of hydrogen-bond acceptors (Lipinski definition) is 3. The van der Waals surface area contributed by atoms with E-state index < -0.39 is 5.91 Å². The lowest BCUT2D eigenvalue weighted by molar-refractivity contribution is 0.0973. The first-order valence-electron chi connectivity index (χ1n) is 3.72. The Kier molecular flexibility index (Phi) is 1.48. The molecule has 0 spiro atoms. The van der Waals surface area contributed by atoms with Gasteiger partial charge in [0, 0.05) is 5.56 Å². The molecule has 1 amide bonds. The van der Waals surface area contributed by atoms with E-state index in [2.05, 4.69) is 4.99 Å². The number of carbonyl (C=O) groups is 2. The molecule has 13 heavy (non-hydrogen) atoms. The van der Waals surface area contributed by atoms with Crippen molar-refractivity contribution in [2.24, 2.45) is 10.7 Å². The number of ketones is 1. The van der Waals surface area contributed by atoms with Gasteiger partial charge >= 0.3 is 0 Å². The number of amidine groups is 1. The van der Waals surface area contributed by atoms with Crippen molar-refractivity contribution in [2.45, 2.75) is 0 Å². The number of nitrogens with zero attached hydrogens (tertiary/aromatic N) is 1. The van der Waals surface area contributed by atoms with Crippen molar-refractivity contribution in [3.63, 3.8) is 0 Å². The summed E-state index contributed by atoms with van der Waals surface area (Å²) in [7, 11) is 0. The summed E-state index contributed by atoms with van der Waals surface area (Å²) < 4.78 is 0. The van der Waals surface area contributed by atoms with E-state index in [0.29, 0.717) is 11.1 Å². The molecule has 64 valence electrons. The lowest BCUT2D eigenvalue weighted by Gasteiger charge is -2.09. The van der Waals surface area contributed by atoms with Crippen LogP contribution in [0.1, 0.15) is 20.7 Å². The molecule has 0 bridgehead atoms. The molecule has 0 unspecified atom stereocenters. The van der Waals surface area contributed by atoms with Crippen LogP contribution in [0.4, 0.5) is 0 Å².